The van der Waals surface area contributed by atoms with E-state index in [1.54, 1.807) is 0 Å². The average molecular weight is 152 g/mol. The number of nitrogens with zero attached hydrogens (tertiary/aromatic N) is 1. The third-order valence-corrected chi connectivity index (χ3v) is 3.19. The normalized spacial score (nSPS) is 48.1. The third kappa shape index (κ3) is 0.637. The van der Waals surface area contributed by atoms with Crippen molar-refractivity contribution in [2.45, 2.75) is 18.9 Å². The number of hydroxylamine groups is 2. The van der Waals surface area contributed by atoms with Gasteiger partial charge in [-0.3, -0.25) is 5.23 Å². The van der Waals surface area contributed by atoms with Crippen LogP contribution in [0.3, 0.4) is 0 Å². The average Bonchev–Trinajstić information content (AvgIpc) is 2.60. The lowest BCUT2D eigenvalue weighted by Gasteiger charge is -2.29. The molecule has 3 heteroatoms. The van der Waals surface area contributed by atoms with Crippen molar-refractivity contribution in [2.24, 2.45) is 11.8 Å². The molecule has 0 spiro atoms. The lowest BCUT2D eigenvalue weighted by molar-refractivity contribution is -0.0823. The quantitative estimate of drug-likeness (QED) is 0.487. The fraction of sp³-hybridized carbons (Fsp3) is 0.750. The van der Waals surface area contributed by atoms with Gasteiger partial charge < -0.3 is 10.0 Å². The zero-order valence-electron chi connectivity index (χ0n) is 6.19. The summed E-state index contributed by atoms with van der Waals surface area (Å²) in [6.07, 6.45) is 4.54. The van der Waals surface area contributed by atoms with Crippen LogP contribution in [0.4, 0.5) is 0 Å². The van der Waals surface area contributed by atoms with E-state index in [0.717, 1.165) is 11.6 Å². The molecule has 0 N–H and O–H groups in total. The molecule has 2 fully saturated rings. The summed E-state index contributed by atoms with van der Waals surface area (Å²) in [7, 11) is 0. The van der Waals surface area contributed by atoms with Gasteiger partial charge in [0.2, 0.25) is 0 Å². The second-order valence-corrected chi connectivity index (χ2v) is 3.67. The molecular formula is C8H10NO2-. The Morgan fingerprint density at radius 1 is 1.64 bits per heavy atom. The van der Waals surface area contributed by atoms with Crippen LogP contribution in [-0.2, 0) is 4.84 Å². The second-order valence-electron chi connectivity index (χ2n) is 3.67. The minimum atomic E-state index is 0.0914. The fourth-order valence-electron chi connectivity index (χ4n) is 2.63. The first-order valence-corrected chi connectivity index (χ1v) is 4.14. The van der Waals surface area contributed by atoms with Crippen LogP contribution in [0, 0.1) is 17.0 Å². The first-order chi connectivity index (χ1) is 5.36. The highest BCUT2D eigenvalue weighted by Gasteiger charge is 2.47. The number of allylic oxidation sites excluding steroid dienone is 1. The molecule has 60 valence electrons. The molecule has 2 bridgehead atoms. The van der Waals surface area contributed by atoms with E-state index in [-0.39, 0.29) is 6.04 Å². The standard InChI is InChI=1S/C8H10NO2/c10-9-8-6-2-1-5(3-6)7(8)4-11-9/h2,5,7-8H,1,3-4H2/q-1. The van der Waals surface area contributed by atoms with Crippen LogP contribution < -0.4 is 0 Å². The Balaban J connectivity index is 2.00. The number of hydrogen-bond donors (Lipinski definition) is 0. The number of fused-ring (bicyclic) bond motifs is 5. The Labute approximate surface area is 65.2 Å². The largest absolute Gasteiger partial charge is 0.762 e. The summed E-state index contributed by atoms with van der Waals surface area (Å²) in [6.45, 7) is 0.649. The molecular weight excluding hydrogens is 142 g/mol. The van der Waals surface area contributed by atoms with Crippen LogP contribution in [-0.4, -0.2) is 17.9 Å². The Morgan fingerprint density at radius 2 is 2.55 bits per heavy atom. The molecule has 2 aliphatic carbocycles. The Hall–Kier alpha value is -0.380. The molecule has 1 saturated carbocycles. The van der Waals surface area contributed by atoms with Gasteiger partial charge in [-0.05, 0) is 18.8 Å². The number of hydrogen-bond acceptors (Lipinski definition) is 3. The molecule has 0 radical (unpaired) electrons. The van der Waals surface area contributed by atoms with E-state index in [1.807, 2.05) is 0 Å². The van der Waals surface area contributed by atoms with Crippen molar-refractivity contribution in [2.75, 3.05) is 6.61 Å². The van der Waals surface area contributed by atoms with Crippen LogP contribution in [0.5, 0.6) is 0 Å². The summed E-state index contributed by atoms with van der Waals surface area (Å²) in [5.41, 5.74) is 1.33. The van der Waals surface area contributed by atoms with Crippen molar-refractivity contribution in [1.29, 1.82) is 0 Å². The lowest BCUT2D eigenvalue weighted by atomic mass is 9.90. The van der Waals surface area contributed by atoms with Crippen LogP contribution in [0.15, 0.2) is 11.6 Å². The van der Waals surface area contributed by atoms with Gasteiger partial charge in [-0.15, -0.1) is 0 Å². The van der Waals surface area contributed by atoms with Gasteiger partial charge >= 0.3 is 0 Å². The maximum atomic E-state index is 11.1. The Kier molecular flexibility index (Phi) is 1.04. The molecule has 0 aromatic heterocycles. The van der Waals surface area contributed by atoms with Gasteiger partial charge in [0.15, 0.2) is 0 Å². The second kappa shape index (κ2) is 1.86. The van der Waals surface area contributed by atoms with E-state index in [1.165, 1.54) is 12.0 Å². The van der Waals surface area contributed by atoms with E-state index in [9.17, 15) is 5.21 Å². The van der Waals surface area contributed by atoms with Crippen LogP contribution in [0.1, 0.15) is 12.8 Å². The minimum Gasteiger partial charge on any atom is -0.762 e. The maximum Gasteiger partial charge on any atom is 0.0723 e. The van der Waals surface area contributed by atoms with Crippen molar-refractivity contribution in [3.8, 4) is 0 Å². The molecule has 1 aliphatic heterocycles. The van der Waals surface area contributed by atoms with Crippen molar-refractivity contribution in [3.05, 3.63) is 16.9 Å². The zero-order chi connectivity index (χ0) is 7.42. The predicted octanol–water partition coefficient (Wildman–Crippen LogP) is 1.07. The predicted molar refractivity (Wildman–Crippen MR) is 39.2 cm³/mol. The molecule has 0 aromatic rings. The first-order valence-electron chi connectivity index (χ1n) is 4.14. The van der Waals surface area contributed by atoms with Gasteiger partial charge in [0, 0.05) is 12.0 Å². The maximum absolute atomic E-state index is 11.1. The SMILES string of the molecule is [O-]N1OCC2C3CC=C(C3)C21. The molecule has 1 heterocycles. The molecule has 11 heavy (non-hydrogen) atoms. The third-order valence-electron chi connectivity index (χ3n) is 3.19. The van der Waals surface area contributed by atoms with E-state index in [4.69, 9.17) is 4.84 Å². The summed E-state index contributed by atoms with van der Waals surface area (Å²) < 4.78 is 0. The van der Waals surface area contributed by atoms with Crippen LogP contribution in [0.2, 0.25) is 0 Å². The molecule has 0 aromatic carbocycles. The molecule has 3 aliphatic rings. The van der Waals surface area contributed by atoms with Gasteiger partial charge in [-0.1, -0.05) is 11.6 Å². The Bertz CT molecular complexity index is 226. The lowest BCUT2D eigenvalue weighted by Crippen LogP contribution is -2.27. The summed E-state index contributed by atoms with van der Waals surface area (Å²) in [5, 5.41) is 11.9. The summed E-state index contributed by atoms with van der Waals surface area (Å²) in [5.74, 6) is 1.22. The minimum absolute atomic E-state index is 0.0914. The molecule has 3 rings (SSSR count). The monoisotopic (exact) mass is 152 g/mol. The van der Waals surface area contributed by atoms with Crippen molar-refractivity contribution < 1.29 is 4.84 Å². The first kappa shape index (κ1) is 6.17. The fourth-order valence-corrected chi connectivity index (χ4v) is 2.63. The van der Waals surface area contributed by atoms with Gasteiger partial charge in [0.25, 0.3) is 0 Å². The van der Waals surface area contributed by atoms with Crippen molar-refractivity contribution in [1.82, 2.24) is 5.23 Å². The van der Waals surface area contributed by atoms with Crippen LogP contribution in [0.25, 0.3) is 0 Å². The summed E-state index contributed by atoms with van der Waals surface area (Å²) >= 11 is 0. The van der Waals surface area contributed by atoms with Gasteiger partial charge in [-0.2, -0.15) is 0 Å². The van der Waals surface area contributed by atoms with E-state index in [0.29, 0.717) is 18.4 Å². The van der Waals surface area contributed by atoms with Gasteiger partial charge in [0.05, 0.1) is 6.61 Å². The van der Waals surface area contributed by atoms with E-state index < -0.39 is 0 Å². The number of rotatable bonds is 0. The molecule has 3 atom stereocenters. The topological polar surface area (TPSA) is 35.5 Å². The van der Waals surface area contributed by atoms with Crippen molar-refractivity contribution in [3.63, 3.8) is 0 Å². The highest BCUT2D eigenvalue weighted by molar-refractivity contribution is 5.27. The van der Waals surface area contributed by atoms with Gasteiger partial charge in [-0.25, -0.2) is 0 Å². The highest BCUT2D eigenvalue weighted by atomic mass is 16.9. The van der Waals surface area contributed by atoms with Crippen molar-refractivity contribution >= 4 is 0 Å². The summed E-state index contributed by atoms with van der Waals surface area (Å²) in [6, 6.07) is 0.0914. The van der Waals surface area contributed by atoms with Gasteiger partial charge in [0.1, 0.15) is 0 Å². The molecule has 0 amide bonds. The van der Waals surface area contributed by atoms with E-state index >= 15 is 0 Å². The Morgan fingerprint density at radius 3 is 3.36 bits per heavy atom. The molecule has 1 saturated heterocycles. The smallest absolute Gasteiger partial charge is 0.0723 e. The summed E-state index contributed by atoms with van der Waals surface area (Å²) in [4.78, 5) is 4.94. The van der Waals surface area contributed by atoms with Crippen LogP contribution >= 0.6 is 0 Å². The molecule has 3 unspecified atom stereocenters. The molecule has 3 nitrogen and oxygen atoms in total. The van der Waals surface area contributed by atoms with E-state index in [2.05, 4.69) is 6.08 Å². The zero-order valence-corrected chi connectivity index (χ0v) is 6.19. The highest BCUT2D eigenvalue weighted by Crippen LogP contribution is 2.49.